The fourth-order valence-electron chi connectivity index (χ4n) is 1.33. The van der Waals surface area contributed by atoms with Crippen molar-refractivity contribution in [1.82, 2.24) is 15.2 Å². The predicted molar refractivity (Wildman–Crippen MR) is 63.3 cm³/mol. The van der Waals surface area contributed by atoms with Gasteiger partial charge < -0.3 is 0 Å². The zero-order valence-electron chi connectivity index (χ0n) is 9.46. The van der Waals surface area contributed by atoms with Crippen molar-refractivity contribution in [2.75, 3.05) is 0 Å². The molecule has 0 aliphatic carbocycles. The van der Waals surface area contributed by atoms with Crippen molar-refractivity contribution in [2.45, 2.75) is 33.6 Å². The molecule has 0 saturated carbocycles. The summed E-state index contributed by atoms with van der Waals surface area (Å²) in [5.41, 5.74) is 1.31. The van der Waals surface area contributed by atoms with Gasteiger partial charge in [-0.2, -0.15) is 5.10 Å². The molecule has 4 heteroatoms. The van der Waals surface area contributed by atoms with Crippen LogP contribution in [0.1, 0.15) is 36.0 Å². The summed E-state index contributed by atoms with van der Waals surface area (Å²) in [6.45, 7) is 8.45. The fraction of sp³-hybridized carbons (Fsp3) is 0.455. The van der Waals surface area contributed by atoms with Gasteiger partial charge in [-0.3, -0.25) is 5.10 Å². The second-order valence-corrected chi connectivity index (χ2v) is 5.31. The number of hydrogen-bond acceptors (Lipinski definition) is 3. The Hall–Kier alpha value is -1.16. The van der Waals surface area contributed by atoms with Crippen molar-refractivity contribution in [3.05, 3.63) is 22.3 Å². The molecule has 3 nitrogen and oxygen atoms in total. The van der Waals surface area contributed by atoms with Crippen molar-refractivity contribution < 1.29 is 0 Å². The van der Waals surface area contributed by atoms with Gasteiger partial charge in [-0.1, -0.05) is 13.8 Å². The van der Waals surface area contributed by atoms with E-state index in [2.05, 4.69) is 48.9 Å². The van der Waals surface area contributed by atoms with E-state index in [-0.39, 0.29) is 0 Å². The molecule has 0 aliphatic rings. The van der Waals surface area contributed by atoms with Crippen LogP contribution < -0.4 is 0 Å². The Bertz CT molecular complexity index is 448. The van der Waals surface area contributed by atoms with Gasteiger partial charge in [0.05, 0.1) is 4.88 Å². The molecule has 0 saturated heterocycles. The number of aromatic amines is 1. The van der Waals surface area contributed by atoms with Crippen LogP contribution in [0.2, 0.25) is 0 Å². The van der Waals surface area contributed by atoms with E-state index in [1.807, 2.05) is 0 Å². The first-order chi connectivity index (χ1) is 7.08. The summed E-state index contributed by atoms with van der Waals surface area (Å²) < 4.78 is 0. The van der Waals surface area contributed by atoms with Gasteiger partial charge >= 0.3 is 0 Å². The highest BCUT2D eigenvalue weighted by atomic mass is 32.1. The molecule has 0 atom stereocenters. The summed E-state index contributed by atoms with van der Waals surface area (Å²) in [4.78, 5) is 6.96. The molecule has 15 heavy (non-hydrogen) atoms. The molecule has 2 aromatic rings. The summed E-state index contributed by atoms with van der Waals surface area (Å²) in [6.07, 6.45) is 0. The van der Waals surface area contributed by atoms with Gasteiger partial charge in [0.15, 0.2) is 5.82 Å². The van der Waals surface area contributed by atoms with Gasteiger partial charge in [0.25, 0.3) is 0 Å². The van der Waals surface area contributed by atoms with Crippen LogP contribution in [0.3, 0.4) is 0 Å². The number of aryl methyl sites for hydroxylation is 2. The Morgan fingerprint density at radius 2 is 2.07 bits per heavy atom. The number of thiophene rings is 1. The minimum absolute atomic E-state index is 0.397. The van der Waals surface area contributed by atoms with Gasteiger partial charge in [0.2, 0.25) is 0 Å². The third-order valence-electron chi connectivity index (χ3n) is 2.44. The average Bonchev–Trinajstić information content (AvgIpc) is 2.74. The number of aromatic nitrogens is 3. The SMILES string of the molecule is Cc1cc(-c2n[nH]c(C(C)C)n2)sc1C. The van der Waals surface area contributed by atoms with Crippen LogP contribution >= 0.6 is 11.3 Å². The van der Waals surface area contributed by atoms with Crippen LogP contribution in [-0.2, 0) is 0 Å². The summed E-state index contributed by atoms with van der Waals surface area (Å²) in [5, 5.41) is 7.21. The van der Waals surface area contributed by atoms with Crippen LogP contribution in [0.25, 0.3) is 10.7 Å². The quantitative estimate of drug-likeness (QED) is 0.845. The lowest BCUT2D eigenvalue weighted by molar-refractivity contribution is 0.781. The standard InChI is InChI=1S/C11H15N3S/c1-6(2)10-12-11(14-13-10)9-5-7(3)8(4)15-9/h5-6H,1-4H3,(H,12,13,14). The highest BCUT2D eigenvalue weighted by Gasteiger charge is 2.11. The Morgan fingerprint density at radius 1 is 1.33 bits per heavy atom. The lowest BCUT2D eigenvalue weighted by Crippen LogP contribution is -1.89. The molecule has 0 aliphatic heterocycles. The molecule has 0 unspecified atom stereocenters. The topological polar surface area (TPSA) is 41.6 Å². The highest BCUT2D eigenvalue weighted by molar-refractivity contribution is 7.15. The molecule has 0 spiro atoms. The Morgan fingerprint density at radius 3 is 2.53 bits per heavy atom. The van der Waals surface area contributed by atoms with Crippen LogP contribution in [0.15, 0.2) is 6.07 Å². The van der Waals surface area contributed by atoms with Crippen LogP contribution in [0.4, 0.5) is 0 Å². The predicted octanol–water partition coefficient (Wildman–Crippen LogP) is 3.27. The molecule has 0 bridgehead atoms. The maximum absolute atomic E-state index is 4.48. The first kappa shape index (κ1) is 10.4. The van der Waals surface area contributed by atoms with Gasteiger partial charge in [0, 0.05) is 10.8 Å². The fourth-order valence-corrected chi connectivity index (χ4v) is 2.29. The number of nitrogens with zero attached hydrogens (tertiary/aromatic N) is 2. The smallest absolute Gasteiger partial charge is 0.191 e. The second kappa shape index (κ2) is 3.77. The van der Waals surface area contributed by atoms with E-state index >= 15 is 0 Å². The van der Waals surface area contributed by atoms with Crippen LogP contribution in [0, 0.1) is 13.8 Å². The van der Waals surface area contributed by atoms with Gasteiger partial charge in [-0.05, 0) is 25.5 Å². The molecule has 0 amide bonds. The van der Waals surface area contributed by atoms with E-state index in [4.69, 9.17) is 0 Å². The normalized spacial score (nSPS) is 11.3. The highest BCUT2D eigenvalue weighted by Crippen LogP contribution is 2.28. The molecule has 2 rings (SSSR count). The number of nitrogens with one attached hydrogen (secondary N) is 1. The third kappa shape index (κ3) is 1.95. The minimum Gasteiger partial charge on any atom is -0.262 e. The van der Waals surface area contributed by atoms with Gasteiger partial charge in [0.1, 0.15) is 5.82 Å². The van der Waals surface area contributed by atoms with Crippen molar-refractivity contribution in [3.8, 4) is 10.7 Å². The summed E-state index contributed by atoms with van der Waals surface area (Å²) in [6, 6.07) is 2.15. The van der Waals surface area contributed by atoms with Crippen molar-refractivity contribution in [3.63, 3.8) is 0 Å². The number of hydrogen-bond donors (Lipinski definition) is 1. The third-order valence-corrected chi connectivity index (χ3v) is 3.58. The molecule has 1 N–H and O–H groups in total. The Balaban J connectivity index is 2.37. The van der Waals surface area contributed by atoms with Crippen molar-refractivity contribution in [1.29, 1.82) is 0 Å². The van der Waals surface area contributed by atoms with E-state index in [0.717, 1.165) is 16.5 Å². The summed E-state index contributed by atoms with van der Waals surface area (Å²) in [5.74, 6) is 2.17. The minimum atomic E-state index is 0.397. The molecule has 2 aromatic heterocycles. The maximum atomic E-state index is 4.48. The number of H-pyrrole nitrogens is 1. The Labute approximate surface area is 93.6 Å². The molecule has 80 valence electrons. The van der Waals surface area contributed by atoms with E-state index in [1.165, 1.54) is 10.4 Å². The zero-order chi connectivity index (χ0) is 11.0. The second-order valence-electron chi connectivity index (χ2n) is 4.05. The summed E-state index contributed by atoms with van der Waals surface area (Å²) in [7, 11) is 0. The van der Waals surface area contributed by atoms with Crippen LogP contribution in [-0.4, -0.2) is 15.2 Å². The molecule has 0 radical (unpaired) electrons. The van der Waals surface area contributed by atoms with E-state index in [0.29, 0.717) is 5.92 Å². The first-order valence-electron chi connectivity index (χ1n) is 5.07. The lowest BCUT2D eigenvalue weighted by Gasteiger charge is -1.94. The first-order valence-corrected chi connectivity index (χ1v) is 5.89. The van der Waals surface area contributed by atoms with Crippen molar-refractivity contribution in [2.24, 2.45) is 0 Å². The monoisotopic (exact) mass is 221 g/mol. The van der Waals surface area contributed by atoms with E-state index in [1.54, 1.807) is 11.3 Å². The zero-order valence-corrected chi connectivity index (χ0v) is 10.3. The molecular weight excluding hydrogens is 206 g/mol. The Kier molecular flexibility index (Phi) is 2.61. The molecular formula is C11H15N3S. The average molecular weight is 221 g/mol. The molecule has 0 aromatic carbocycles. The molecule has 2 heterocycles. The van der Waals surface area contributed by atoms with Gasteiger partial charge in [-0.15, -0.1) is 11.3 Å². The van der Waals surface area contributed by atoms with E-state index < -0.39 is 0 Å². The van der Waals surface area contributed by atoms with Gasteiger partial charge in [-0.25, -0.2) is 4.98 Å². The largest absolute Gasteiger partial charge is 0.262 e. The molecule has 0 fully saturated rings. The lowest BCUT2D eigenvalue weighted by atomic mass is 10.2. The summed E-state index contributed by atoms with van der Waals surface area (Å²) >= 11 is 1.75. The number of rotatable bonds is 2. The maximum Gasteiger partial charge on any atom is 0.191 e. The van der Waals surface area contributed by atoms with Crippen LogP contribution in [0.5, 0.6) is 0 Å². The van der Waals surface area contributed by atoms with E-state index in [9.17, 15) is 0 Å². The van der Waals surface area contributed by atoms with Crippen molar-refractivity contribution >= 4 is 11.3 Å².